The van der Waals surface area contributed by atoms with E-state index in [1.54, 1.807) is 18.2 Å². The van der Waals surface area contributed by atoms with Crippen LogP contribution >= 0.6 is 0 Å². The molecule has 4 heteroatoms. The number of aliphatic hydroxyl groups is 1. The lowest BCUT2D eigenvalue weighted by Gasteiger charge is -2.18. The number of aliphatic hydroxyl groups excluding tert-OH is 1. The zero-order chi connectivity index (χ0) is 12.9. The van der Waals surface area contributed by atoms with Gasteiger partial charge in [-0.2, -0.15) is 0 Å². The second kappa shape index (κ2) is 3.58. The average molecular weight is 240 g/mol. The number of rotatable bonds is 0. The summed E-state index contributed by atoms with van der Waals surface area (Å²) in [5.41, 5.74) is 0.328. The number of carbonyl (C=O) groups excluding carboxylic acids is 3. The van der Waals surface area contributed by atoms with Crippen LogP contribution in [0.3, 0.4) is 0 Å². The van der Waals surface area contributed by atoms with Gasteiger partial charge in [0, 0.05) is 11.1 Å². The topological polar surface area (TPSA) is 71.4 Å². The molecule has 0 fully saturated rings. The van der Waals surface area contributed by atoms with Crippen LogP contribution in [0.5, 0.6) is 0 Å². The Bertz CT molecular complexity index is 715. The Morgan fingerprint density at radius 3 is 2.17 bits per heavy atom. The van der Waals surface area contributed by atoms with Crippen molar-refractivity contribution in [1.29, 1.82) is 0 Å². The van der Waals surface area contributed by atoms with Gasteiger partial charge in [0.2, 0.25) is 11.6 Å². The Hall–Kier alpha value is -2.33. The lowest BCUT2D eigenvalue weighted by Crippen LogP contribution is -2.35. The summed E-state index contributed by atoms with van der Waals surface area (Å²) in [6.45, 7) is 0. The predicted molar refractivity (Wildman–Crippen MR) is 63.3 cm³/mol. The van der Waals surface area contributed by atoms with Gasteiger partial charge < -0.3 is 5.11 Å². The average Bonchev–Trinajstić information content (AvgIpc) is 2.41. The highest BCUT2D eigenvalue weighted by molar-refractivity contribution is 6.69. The van der Waals surface area contributed by atoms with Crippen LogP contribution < -0.4 is 0 Å². The van der Waals surface area contributed by atoms with E-state index < -0.39 is 23.5 Å². The first-order chi connectivity index (χ1) is 8.59. The van der Waals surface area contributed by atoms with Crippen LogP contribution in [-0.4, -0.2) is 22.5 Å². The number of benzene rings is 2. The fraction of sp³-hybridized carbons (Fsp3) is 0.0714. The van der Waals surface area contributed by atoms with E-state index in [0.29, 0.717) is 0 Å². The molecule has 1 aliphatic carbocycles. The first-order valence-electron chi connectivity index (χ1n) is 5.43. The predicted octanol–water partition coefficient (Wildman–Crippen LogP) is 1.21. The van der Waals surface area contributed by atoms with Gasteiger partial charge in [0.15, 0.2) is 0 Å². The summed E-state index contributed by atoms with van der Waals surface area (Å²) in [7, 11) is 0. The monoisotopic (exact) mass is 240 g/mol. The Labute approximate surface area is 102 Å². The lowest BCUT2D eigenvalue weighted by atomic mass is 9.85. The minimum absolute atomic E-state index is 0.116. The molecule has 0 aliphatic heterocycles. The fourth-order valence-corrected chi connectivity index (χ4v) is 2.18. The molecule has 18 heavy (non-hydrogen) atoms. The Morgan fingerprint density at radius 1 is 0.889 bits per heavy atom. The second-order valence-corrected chi connectivity index (χ2v) is 4.21. The summed E-state index contributed by atoms with van der Waals surface area (Å²) in [5.74, 6) is -3.04. The van der Waals surface area contributed by atoms with E-state index in [1.165, 1.54) is 0 Å². The summed E-state index contributed by atoms with van der Waals surface area (Å²) in [4.78, 5) is 34.5. The Balaban J connectivity index is 2.36. The lowest BCUT2D eigenvalue weighted by molar-refractivity contribution is -0.139. The summed E-state index contributed by atoms with van der Waals surface area (Å²) >= 11 is 0. The smallest absolute Gasteiger partial charge is 0.272 e. The number of hydrogen-bond donors (Lipinski definition) is 1. The van der Waals surface area contributed by atoms with Crippen LogP contribution in [0.25, 0.3) is 10.8 Å². The largest absolute Gasteiger partial charge is 0.380 e. The van der Waals surface area contributed by atoms with E-state index in [1.807, 2.05) is 18.2 Å². The van der Waals surface area contributed by atoms with Crippen molar-refractivity contribution in [2.75, 3.05) is 0 Å². The molecule has 1 N–H and O–H groups in total. The third-order valence-corrected chi connectivity index (χ3v) is 3.14. The van der Waals surface area contributed by atoms with Gasteiger partial charge >= 0.3 is 0 Å². The van der Waals surface area contributed by atoms with Crippen molar-refractivity contribution in [2.45, 2.75) is 6.10 Å². The van der Waals surface area contributed by atoms with Crippen molar-refractivity contribution >= 4 is 28.1 Å². The first kappa shape index (κ1) is 10.8. The van der Waals surface area contributed by atoms with Crippen LogP contribution in [-0.2, 0) is 9.59 Å². The van der Waals surface area contributed by atoms with Gasteiger partial charge in [-0.25, -0.2) is 0 Å². The number of hydrogen-bond acceptors (Lipinski definition) is 4. The molecule has 0 spiro atoms. The maximum atomic E-state index is 11.7. The van der Waals surface area contributed by atoms with Crippen molar-refractivity contribution in [3.8, 4) is 0 Å². The van der Waals surface area contributed by atoms with E-state index in [4.69, 9.17) is 0 Å². The van der Waals surface area contributed by atoms with Crippen molar-refractivity contribution in [1.82, 2.24) is 0 Å². The normalized spacial score (nSPS) is 19.2. The van der Waals surface area contributed by atoms with Crippen LogP contribution in [0.4, 0.5) is 0 Å². The van der Waals surface area contributed by atoms with E-state index in [2.05, 4.69) is 0 Å². The van der Waals surface area contributed by atoms with Gasteiger partial charge in [0.05, 0.1) is 0 Å². The Morgan fingerprint density at radius 2 is 1.50 bits per heavy atom. The molecule has 4 nitrogen and oxygen atoms in total. The van der Waals surface area contributed by atoms with E-state index in [9.17, 15) is 19.5 Å². The fourth-order valence-electron chi connectivity index (χ4n) is 2.18. The van der Waals surface area contributed by atoms with Gasteiger partial charge in [0.25, 0.3) is 5.78 Å². The molecule has 2 aromatic carbocycles. The van der Waals surface area contributed by atoms with Gasteiger partial charge in [0.1, 0.15) is 6.10 Å². The summed E-state index contributed by atoms with van der Waals surface area (Å²) in [6, 6.07) is 10.4. The summed E-state index contributed by atoms with van der Waals surface area (Å²) in [5, 5.41) is 11.4. The van der Waals surface area contributed by atoms with Crippen LogP contribution in [0, 0.1) is 0 Å². The zero-order valence-electron chi connectivity index (χ0n) is 9.21. The summed E-state index contributed by atoms with van der Waals surface area (Å²) in [6.07, 6.45) is -1.53. The number of carbonyl (C=O) groups is 3. The molecule has 0 heterocycles. The molecule has 0 amide bonds. The molecule has 0 saturated carbocycles. The van der Waals surface area contributed by atoms with E-state index >= 15 is 0 Å². The van der Waals surface area contributed by atoms with Gasteiger partial charge in [-0.15, -0.1) is 0 Å². The van der Waals surface area contributed by atoms with Gasteiger partial charge in [-0.3, -0.25) is 14.4 Å². The SMILES string of the molecule is O=C1C(=O)c2cc3ccccc3cc2C(O)C1=O. The molecular weight excluding hydrogens is 232 g/mol. The maximum Gasteiger partial charge on any atom is 0.272 e. The standard InChI is InChI=1S/C14H8O4/c15-11-9-5-7-3-1-2-4-8(7)6-10(9)12(16)14(18)13(11)17/h1-6,11,15H. The maximum absolute atomic E-state index is 11.7. The van der Waals surface area contributed by atoms with Crippen molar-refractivity contribution in [3.05, 3.63) is 47.5 Å². The van der Waals surface area contributed by atoms with Gasteiger partial charge in [-0.1, -0.05) is 24.3 Å². The zero-order valence-corrected chi connectivity index (χ0v) is 9.21. The second-order valence-electron chi connectivity index (χ2n) is 4.21. The number of fused-ring (bicyclic) bond motifs is 2. The number of Topliss-reactive ketones (excluding diaryl/α,β-unsaturated/α-hetero) is 3. The highest BCUT2D eigenvalue weighted by atomic mass is 16.3. The van der Waals surface area contributed by atoms with E-state index in [0.717, 1.165) is 10.8 Å². The molecule has 1 aliphatic rings. The minimum atomic E-state index is -1.53. The minimum Gasteiger partial charge on any atom is -0.380 e. The third kappa shape index (κ3) is 1.33. The molecule has 0 radical (unpaired) electrons. The summed E-state index contributed by atoms with van der Waals surface area (Å²) < 4.78 is 0. The first-order valence-corrected chi connectivity index (χ1v) is 5.43. The van der Waals surface area contributed by atoms with Crippen LogP contribution in [0.2, 0.25) is 0 Å². The molecule has 2 aromatic rings. The van der Waals surface area contributed by atoms with Gasteiger partial charge in [-0.05, 0) is 22.9 Å². The molecule has 1 unspecified atom stereocenters. The molecule has 88 valence electrons. The third-order valence-electron chi connectivity index (χ3n) is 3.14. The molecule has 0 aromatic heterocycles. The van der Waals surface area contributed by atoms with Crippen LogP contribution in [0.15, 0.2) is 36.4 Å². The molecule has 0 saturated heterocycles. The van der Waals surface area contributed by atoms with Crippen molar-refractivity contribution < 1.29 is 19.5 Å². The quantitative estimate of drug-likeness (QED) is 0.702. The van der Waals surface area contributed by atoms with E-state index in [-0.39, 0.29) is 11.1 Å². The van der Waals surface area contributed by atoms with Crippen molar-refractivity contribution in [3.63, 3.8) is 0 Å². The highest BCUT2D eigenvalue weighted by Gasteiger charge is 2.39. The molecule has 1 atom stereocenters. The van der Waals surface area contributed by atoms with Crippen LogP contribution in [0.1, 0.15) is 22.0 Å². The van der Waals surface area contributed by atoms with Crippen molar-refractivity contribution in [2.24, 2.45) is 0 Å². The Kier molecular flexibility index (Phi) is 2.15. The molecule has 0 bridgehead atoms. The number of ketones is 3. The highest BCUT2D eigenvalue weighted by Crippen LogP contribution is 2.29. The molecular formula is C14H8O4. The molecule has 3 rings (SSSR count).